The summed E-state index contributed by atoms with van der Waals surface area (Å²) in [6, 6.07) is 6.11. The van der Waals surface area contributed by atoms with E-state index in [1.165, 1.54) is 0 Å². The summed E-state index contributed by atoms with van der Waals surface area (Å²) >= 11 is 0. The molecule has 0 radical (unpaired) electrons. The van der Waals surface area contributed by atoms with E-state index in [0.29, 0.717) is 11.5 Å². The van der Waals surface area contributed by atoms with Crippen molar-refractivity contribution >= 4 is 11.5 Å². The summed E-state index contributed by atoms with van der Waals surface area (Å²) in [7, 11) is 0. The molecule has 1 aromatic carbocycles. The molecule has 0 spiro atoms. The third-order valence-corrected chi connectivity index (χ3v) is 3.62. The van der Waals surface area contributed by atoms with Crippen LogP contribution in [0.25, 0.3) is 16.9 Å². The standard InChI is InChI=1S/C18H22N4O/c1-11-10-13(23-18(3,4)5)6-7-14(11)15-12(2)21-16(19)17-20-8-9-22(15)17/h6-10H,1-5H3,(H2,19,21). The molecule has 0 atom stereocenters. The first-order valence-electron chi connectivity index (χ1n) is 7.65. The van der Waals surface area contributed by atoms with E-state index in [-0.39, 0.29) is 5.60 Å². The number of benzene rings is 1. The van der Waals surface area contributed by atoms with Gasteiger partial charge >= 0.3 is 0 Å². The van der Waals surface area contributed by atoms with Crippen molar-refractivity contribution in [2.45, 2.75) is 40.2 Å². The van der Waals surface area contributed by atoms with Gasteiger partial charge in [0.25, 0.3) is 0 Å². The second-order valence-corrected chi connectivity index (χ2v) is 6.74. The van der Waals surface area contributed by atoms with Gasteiger partial charge in [0.05, 0.1) is 11.4 Å². The molecule has 0 saturated carbocycles. The highest BCUT2D eigenvalue weighted by molar-refractivity contribution is 5.73. The fraction of sp³-hybridized carbons (Fsp3) is 0.333. The molecule has 5 heteroatoms. The second-order valence-electron chi connectivity index (χ2n) is 6.74. The minimum absolute atomic E-state index is 0.218. The Morgan fingerprint density at radius 2 is 1.91 bits per heavy atom. The van der Waals surface area contributed by atoms with Gasteiger partial charge in [0.1, 0.15) is 11.4 Å². The van der Waals surface area contributed by atoms with Gasteiger partial charge in [0.2, 0.25) is 0 Å². The van der Waals surface area contributed by atoms with Crippen molar-refractivity contribution in [2.24, 2.45) is 0 Å². The van der Waals surface area contributed by atoms with Gasteiger partial charge in [-0.1, -0.05) is 0 Å². The minimum Gasteiger partial charge on any atom is -0.488 e. The average Bonchev–Trinajstić information content (AvgIpc) is 2.88. The minimum atomic E-state index is -0.218. The maximum atomic E-state index is 5.97. The smallest absolute Gasteiger partial charge is 0.180 e. The topological polar surface area (TPSA) is 65.4 Å². The molecular weight excluding hydrogens is 288 g/mol. The van der Waals surface area contributed by atoms with Crippen molar-refractivity contribution < 1.29 is 4.74 Å². The van der Waals surface area contributed by atoms with Crippen LogP contribution < -0.4 is 10.5 Å². The largest absolute Gasteiger partial charge is 0.488 e. The number of nitrogen functional groups attached to an aromatic ring is 1. The van der Waals surface area contributed by atoms with Crippen molar-refractivity contribution in [3.63, 3.8) is 0 Å². The molecule has 0 aliphatic heterocycles. The highest BCUT2D eigenvalue weighted by Crippen LogP contribution is 2.31. The first kappa shape index (κ1) is 15.3. The van der Waals surface area contributed by atoms with Crippen LogP contribution in [0.5, 0.6) is 5.75 Å². The Bertz CT molecular complexity index is 875. The van der Waals surface area contributed by atoms with Gasteiger partial charge in [-0.05, 0) is 58.4 Å². The fourth-order valence-electron chi connectivity index (χ4n) is 2.77. The number of hydrogen-bond acceptors (Lipinski definition) is 4. The van der Waals surface area contributed by atoms with E-state index in [1.54, 1.807) is 6.20 Å². The predicted octanol–water partition coefficient (Wildman–Crippen LogP) is 3.77. The van der Waals surface area contributed by atoms with Crippen LogP contribution >= 0.6 is 0 Å². The van der Waals surface area contributed by atoms with Gasteiger partial charge in [0, 0.05) is 18.0 Å². The van der Waals surface area contributed by atoms with Gasteiger partial charge in [-0.3, -0.25) is 4.40 Å². The molecule has 2 aromatic heterocycles. The van der Waals surface area contributed by atoms with Crippen LogP contribution in [-0.2, 0) is 0 Å². The van der Waals surface area contributed by atoms with Crippen LogP contribution in [-0.4, -0.2) is 20.0 Å². The molecule has 0 saturated heterocycles. The molecule has 0 bridgehead atoms. The Labute approximate surface area is 136 Å². The van der Waals surface area contributed by atoms with E-state index in [0.717, 1.165) is 28.3 Å². The number of nitrogens with two attached hydrogens (primary N) is 1. The molecule has 3 rings (SSSR count). The monoisotopic (exact) mass is 310 g/mol. The fourth-order valence-corrected chi connectivity index (χ4v) is 2.77. The summed E-state index contributed by atoms with van der Waals surface area (Å²) in [6.07, 6.45) is 3.65. The normalized spacial score (nSPS) is 11.9. The third kappa shape index (κ3) is 2.86. The van der Waals surface area contributed by atoms with Crippen molar-refractivity contribution in [3.05, 3.63) is 41.9 Å². The average molecular weight is 310 g/mol. The van der Waals surface area contributed by atoms with E-state index >= 15 is 0 Å². The van der Waals surface area contributed by atoms with E-state index in [4.69, 9.17) is 10.5 Å². The molecule has 2 N–H and O–H groups in total. The predicted molar refractivity (Wildman–Crippen MR) is 92.7 cm³/mol. The van der Waals surface area contributed by atoms with E-state index in [9.17, 15) is 0 Å². The van der Waals surface area contributed by atoms with Crippen LogP contribution in [0.2, 0.25) is 0 Å². The van der Waals surface area contributed by atoms with Crippen LogP contribution in [0.1, 0.15) is 32.0 Å². The van der Waals surface area contributed by atoms with E-state index in [1.807, 2.05) is 44.4 Å². The van der Waals surface area contributed by atoms with Gasteiger partial charge in [-0.2, -0.15) is 0 Å². The van der Waals surface area contributed by atoms with Crippen molar-refractivity contribution in [1.82, 2.24) is 14.4 Å². The van der Waals surface area contributed by atoms with Crippen molar-refractivity contribution in [3.8, 4) is 17.0 Å². The molecule has 3 aromatic rings. The SMILES string of the molecule is Cc1cc(OC(C)(C)C)ccc1-c1c(C)nc(N)c2nccn12. The highest BCUT2D eigenvalue weighted by Gasteiger charge is 2.16. The van der Waals surface area contributed by atoms with Gasteiger partial charge in [-0.25, -0.2) is 9.97 Å². The second kappa shape index (κ2) is 5.26. The first-order chi connectivity index (χ1) is 10.8. The summed E-state index contributed by atoms with van der Waals surface area (Å²) in [5.74, 6) is 1.31. The number of imidazole rings is 1. The molecule has 5 nitrogen and oxygen atoms in total. The zero-order chi connectivity index (χ0) is 16.8. The number of rotatable bonds is 2. The summed E-state index contributed by atoms with van der Waals surface area (Å²) in [5, 5.41) is 0. The number of fused-ring (bicyclic) bond motifs is 1. The zero-order valence-electron chi connectivity index (χ0n) is 14.2. The number of nitrogens with zero attached hydrogens (tertiary/aromatic N) is 3. The lowest BCUT2D eigenvalue weighted by Crippen LogP contribution is -2.22. The Hall–Kier alpha value is -2.56. The number of aromatic nitrogens is 3. The van der Waals surface area contributed by atoms with E-state index in [2.05, 4.69) is 29.0 Å². The maximum absolute atomic E-state index is 5.97. The summed E-state index contributed by atoms with van der Waals surface area (Å²) in [6.45, 7) is 10.2. The van der Waals surface area contributed by atoms with Gasteiger partial charge in [-0.15, -0.1) is 0 Å². The van der Waals surface area contributed by atoms with Crippen LogP contribution in [0.3, 0.4) is 0 Å². The van der Waals surface area contributed by atoms with Gasteiger partial charge in [0.15, 0.2) is 11.5 Å². The van der Waals surface area contributed by atoms with Crippen LogP contribution in [0.4, 0.5) is 5.82 Å². The van der Waals surface area contributed by atoms with E-state index < -0.39 is 0 Å². The Morgan fingerprint density at radius 3 is 2.57 bits per heavy atom. The Morgan fingerprint density at radius 1 is 1.17 bits per heavy atom. The highest BCUT2D eigenvalue weighted by atomic mass is 16.5. The molecule has 0 unspecified atom stereocenters. The van der Waals surface area contributed by atoms with Crippen LogP contribution in [0, 0.1) is 13.8 Å². The summed E-state index contributed by atoms with van der Waals surface area (Å²) in [5.41, 5.74) is 10.5. The van der Waals surface area contributed by atoms with Gasteiger partial charge < -0.3 is 10.5 Å². The molecular formula is C18H22N4O. The lowest BCUT2D eigenvalue weighted by molar-refractivity contribution is 0.131. The maximum Gasteiger partial charge on any atom is 0.180 e. The quantitative estimate of drug-likeness (QED) is 0.782. The molecule has 0 aliphatic carbocycles. The molecule has 23 heavy (non-hydrogen) atoms. The van der Waals surface area contributed by atoms with Crippen molar-refractivity contribution in [2.75, 3.05) is 5.73 Å². The number of ether oxygens (including phenoxy) is 1. The molecule has 0 aliphatic rings. The molecule has 2 heterocycles. The Balaban J connectivity index is 2.15. The summed E-state index contributed by atoms with van der Waals surface area (Å²) in [4.78, 5) is 8.73. The lowest BCUT2D eigenvalue weighted by atomic mass is 10.0. The lowest BCUT2D eigenvalue weighted by Gasteiger charge is -2.22. The van der Waals surface area contributed by atoms with Crippen LogP contribution in [0.15, 0.2) is 30.6 Å². The number of anilines is 1. The Kier molecular flexibility index (Phi) is 3.51. The third-order valence-electron chi connectivity index (χ3n) is 3.62. The van der Waals surface area contributed by atoms with Crippen molar-refractivity contribution in [1.29, 1.82) is 0 Å². The first-order valence-corrected chi connectivity index (χ1v) is 7.65. The molecule has 0 amide bonds. The summed E-state index contributed by atoms with van der Waals surface area (Å²) < 4.78 is 7.93. The molecule has 120 valence electrons. The zero-order valence-corrected chi connectivity index (χ0v) is 14.2. The molecule has 0 fully saturated rings. The number of hydrogen-bond donors (Lipinski definition) is 1. The number of aryl methyl sites for hydroxylation is 2.